The van der Waals surface area contributed by atoms with Gasteiger partial charge in [-0.2, -0.15) is 0 Å². The number of hydrogen-bond acceptors (Lipinski definition) is 5. The minimum Gasteiger partial charge on any atom is -0.466 e. The summed E-state index contributed by atoms with van der Waals surface area (Å²) in [5, 5.41) is 3.04. The summed E-state index contributed by atoms with van der Waals surface area (Å²) in [6.07, 6.45) is 2.15. The van der Waals surface area contributed by atoms with Crippen LogP contribution in [-0.2, 0) is 9.53 Å². The first-order valence-corrected chi connectivity index (χ1v) is 12.0. The maximum absolute atomic E-state index is 13.1. The van der Waals surface area contributed by atoms with Gasteiger partial charge in [-0.1, -0.05) is 42.5 Å². The van der Waals surface area contributed by atoms with Gasteiger partial charge in [0.15, 0.2) is 5.82 Å². The van der Waals surface area contributed by atoms with Crippen LogP contribution in [0.1, 0.15) is 24.9 Å². The van der Waals surface area contributed by atoms with Gasteiger partial charge in [-0.3, -0.25) is 4.79 Å². The first kappa shape index (κ1) is 22.7. The van der Waals surface area contributed by atoms with E-state index < -0.39 is 6.04 Å². The first-order chi connectivity index (χ1) is 17.1. The molecule has 8 heteroatoms. The fourth-order valence-corrected chi connectivity index (χ4v) is 4.63. The molecule has 35 heavy (non-hydrogen) atoms. The van der Waals surface area contributed by atoms with E-state index in [1.807, 2.05) is 54.6 Å². The fraction of sp³-hybridized carbons (Fsp3) is 0.296. The summed E-state index contributed by atoms with van der Waals surface area (Å²) in [5.41, 5.74) is 3.95. The van der Waals surface area contributed by atoms with Gasteiger partial charge in [0.2, 0.25) is 0 Å². The van der Waals surface area contributed by atoms with Crippen molar-refractivity contribution in [2.45, 2.75) is 19.4 Å². The Bertz CT molecular complexity index is 1330. The standard InChI is InChI=1S/C27H29N5O3/c1-2-35-25(33)19-22(20-9-4-3-5-10-20)29-27(34)31-17-15-30(16-18-31)26-24-13-8-14-32(24)23-12-7-6-11-21(23)28-26/h3-14,22H,2,15-19H2,1H3,(H,29,34)/t22-/m1/s1. The average molecular weight is 472 g/mol. The molecule has 180 valence electrons. The van der Waals surface area contributed by atoms with Gasteiger partial charge in [-0.05, 0) is 36.8 Å². The highest BCUT2D eigenvalue weighted by Crippen LogP contribution is 2.26. The van der Waals surface area contributed by atoms with Crippen molar-refractivity contribution in [1.29, 1.82) is 0 Å². The van der Waals surface area contributed by atoms with Crippen LogP contribution in [0.5, 0.6) is 0 Å². The fourth-order valence-electron chi connectivity index (χ4n) is 4.63. The van der Waals surface area contributed by atoms with E-state index in [4.69, 9.17) is 9.72 Å². The summed E-state index contributed by atoms with van der Waals surface area (Å²) in [7, 11) is 0. The molecule has 4 aromatic rings. The van der Waals surface area contributed by atoms with Gasteiger partial charge in [0.05, 0.1) is 35.6 Å². The summed E-state index contributed by atoms with van der Waals surface area (Å²) in [6.45, 7) is 4.57. The number of nitrogens with zero attached hydrogens (tertiary/aromatic N) is 4. The zero-order chi connectivity index (χ0) is 24.2. The minimum atomic E-state index is -0.441. The lowest BCUT2D eigenvalue weighted by atomic mass is 10.0. The molecule has 0 radical (unpaired) electrons. The van der Waals surface area contributed by atoms with Crippen molar-refractivity contribution < 1.29 is 14.3 Å². The van der Waals surface area contributed by atoms with E-state index >= 15 is 0 Å². The van der Waals surface area contributed by atoms with Crippen LogP contribution in [0.3, 0.4) is 0 Å². The van der Waals surface area contributed by atoms with E-state index in [2.05, 4.69) is 32.9 Å². The van der Waals surface area contributed by atoms with Crippen molar-refractivity contribution in [1.82, 2.24) is 19.6 Å². The Labute approximate surface area is 204 Å². The van der Waals surface area contributed by atoms with Gasteiger partial charge in [-0.25, -0.2) is 9.78 Å². The molecule has 1 N–H and O–H groups in total. The van der Waals surface area contributed by atoms with Crippen LogP contribution in [0, 0.1) is 0 Å². The molecule has 2 aromatic heterocycles. The van der Waals surface area contributed by atoms with Crippen molar-refractivity contribution in [3.05, 3.63) is 78.5 Å². The van der Waals surface area contributed by atoms with Gasteiger partial charge in [0, 0.05) is 32.4 Å². The number of hydrogen-bond donors (Lipinski definition) is 1. The van der Waals surface area contributed by atoms with Crippen LogP contribution in [0.2, 0.25) is 0 Å². The molecule has 0 unspecified atom stereocenters. The molecule has 0 saturated carbocycles. The smallest absolute Gasteiger partial charge is 0.318 e. The van der Waals surface area contributed by atoms with Crippen molar-refractivity contribution in [3.8, 4) is 0 Å². The van der Waals surface area contributed by atoms with Gasteiger partial charge in [0.25, 0.3) is 0 Å². The maximum atomic E-state index is 13.1. The van der Waals surface area contributed by atoms with E-state index in [1.165, 1.54) is 0 Å². The SMILES string of the molecule is CCOC(=O)C[C@@H](NC(=O)N1CCN(c2nc3ccccc3n3cccc23)CC1)c1ccccc1. The maximum Gasteiger partial charge on any atom is 0.318 e. The highest BCUT2D eigenvalue weighted by Gasteiger charge is 2.26. The largest absolute Gasteiger partial charge is 0.466 e. The number of carbonyl (C=O) groups excluding carboxylic acids is 2. The van der Waals surface area contributed by atoms with E-state index in [1.54, 1.807) is 11.8 Å². The predicted molar refractivity (Wildman–Crippen MR) is 135 cm³/mol. The minimum absolute atomic E-state index is 0.0940. The number of rotatable bonds is 6. The number of amides is 2. The molecule has 1 aliphatic heterocycles. The van der Waals surface area contributed by atoms with Gasteiger partial charge in [0.1, 0.15) is 0 Å². The molecule has 0 bridgehead atoms. The first-order valence-electron chi connectivity index (χ1n) is 12.0. The lowest BCUT2D eigenvalue weighted by Crippen LogP contribution is -2.52. The Morgan fingerprint density at radius 1 is 0.943 bits per heavy atom. The zero-order valence-electron chi connectivity index (χ0n) is 19.8. The Kier molecular flexibility index (Phi) is 6.52. The molecule has 1 atom stereocenters. The number of carbonyl (C=O) groups is 2. The molecule has 1 aliphatic rings. The third kappa shape index (κ3) is 4.77. The molecule has 2 amide bonds. The number of para-hydroxylation sites is 2. The summed E-state index contributed by atoms with van der Waals surface area (Å²) >= 11 is 0. The molecule has 0 spiro atoms. The second-order valence-electron chi connectivity index (χ2n) is 8.58. The Hall–Kier alpha value is -4.07. The van der Waals surface area contributed by atoms with Crippen LogP contribution in [0.4, 0.5) is 10.6 Å². The third-order valence-corrected chi connectivity index (χ3v) is 6.39. The number of nitrogens with one attached hydrogen (secondary N) is 1. The number of ether oxygens (including phenoxy) is 1. The molecule has 1 fully saturated rings. The number of urea groups is 1. The van der Waals surface area contributed by atoms with E-state index in [0.29, 0.717) is 32.8 Å². The Morgan fingerprint density at radius 2 is 1.66 bits per heavy atom. The van der Waals surface area contributed by atoms with Crippen LogP contribution in [-0.4, -0.2) is 59.1 Å². The summed E-state index contributed by atoms with van der Waals surface area (Å²) in [6, 6.07) is 21.1. The van der Waals surface area contributed by atoms with Gasteiger partial charge in [-0.15, -0.1) is 0 Å². The number of fused-ring (bicyclic) bond motifs is 3. The number of anilines is 1. The van der Waals surface area contributed by atoms with Crippen molar-refractivity contribution in [2.24, 2.45) is 0 Å². The van der Waals surface area contributed by atoms with Crippen LogP contribution in [0.25, 0.3) is 16.6 Å². The number of aromatic nitrogens is 2. The van der Waals surface area contributed by atoms with Gasteiger partial charge >= 0.3 is 12.0 Å². The van der Waals surface area contributed by atoms with Crippen molar-refractivity contribution >= 4 is 34.4 Å². The van der Waals surface area contributed by atoms with E-state index in [-0.39, 0.29) is 18.4 Å². The topological polar surface area (TPSA) is 79.2 Å². The highest BCUT2D eigenvalue weighted by atomic mass is 16.5. The molecule has 1 saturated heterocycles. The molecular formula is C27H29N5O3. The zero-order valence-corrected chi connectivity index (χ0v) is 19.8. The third-order valence-electron chi connectivity index (χ3n) is 6.39. The summed E-state index contributed by atoms with van der Waals surface area (Å²) in [4.78, 5) is 34.3. The monoisotopic (exact) mass is 471 g/mol. The quantitative estimate of drug-likeness (QED) is 0.430. The average Bonchev–Trinajstić information content (AvgIpc) is 3.39. The second kappa shape index (κ2) is 10.0. The summed E-state index contributed by atoms with van der Waals surface area (Å²) in [5.74, 6) is 0.600. The molecule has 3 heterocycles. The molecule has 2 aromatic carbocycles. The lowest BCUT2D eigenvalue weighted by Gasteiger charge is -2.36. The predicted octanol–water partition coefficient (Wildman–Crippen LogP) is 4.01. The number of esters is 1. The highest BCUT2D eigenvalue weighted by molar-refractivity contribution is 5.85. The molecule has 8 nitrogen and oxygen atoms in total. The van der Waals surface area contributed by atoms with Crippen LogP contribution in [0.15, 0.2) is 72.9 Å². The van der Waals surface area contributed by atoms with Crippen LogP contribution >= 0.6 is 0 Å². The molecular weight excluding hydrogens is 442 g/mol. The summed E-state index contributed by atoms with van der Waals surface area (Å²) < 4.78 is 7.29. The molecule has 5 rings (SSSR count). The second-order valence-corrected chi connectivity index (χ2v) is 8.58. The Balaban J connectivity index is 1.28. The van der Waals surface area contributed by atoms with Crippen molar-refractivity contribution in [3.63, 3.8) is 0 Å². The molecule has 0 aliphatic carbocycles. The van der Waals surface area contributed by atoms with E-state index in [0.717, 1.165) is 27.9 Å². The number of benzene rings is 2. The van der Waals surface area contributed by atoms with E-state index in [9.17, 15) is 9.59 Å². The van der Waals surface area contributed by atoms with Crippen LogP contribution < -0.4 is 10.2 Å². The van der Waals surface area contributed by atoms with Crippen molar-refractivity contribution in [2.75, 3.05) is 37.7 Å². The van der Waals surface area contributed by atoms with Gasteiger partial charge < -0.3 is 24.3 Å². The Morgan fingerprint density at radius 3 is 2.43 bits per heavy atom. The number of piperazine rings is 1. The lowest BCUT2D eigenvalue weighted by molar-refractivity contribution is -0.143. The normalized spacial score (nSPS) is 14.8.